The molecule has 1 N–H and O–H groups in total. The lowest BCUT2D eigenvalue weighted by atomic mass is 10.1. The van der Waals surface area contributed by atoms with Crippen molar-refractivity contribution in [3.63, 3.8) is 0 Å². The Labute approximate surface area is 131 Å². The highest BCUT2D eigenvalue weighted by molar-refractivity contribution is 7.08. The number of nitrogens with one attached hydrogen (secondary N) is 1. The molecule has 0 saturated carbocycles. The smallest absolute Gasteiger partial charge is 0.290 e. The Hall–Kier alpha value is -1.59. The normalized spacial score (nSPS) is 11.6. The summed E-state index contributed by atoms with van der Waals surface area (Å²) in [6, 6.07) is 2.16. The third-order valence-corrected chi connectivity index (χ3v) is 4.78. The summed E-state index contributed by atoms with van der Waals surface area (Å²) in [4.78, 5) is 19.5. The molecule has 21 heavy (non-hydrogen) atoms. The van der Waals surface area contributed by atoms with Gasteiger partial charge in [-0.2, -0.15) is 11.3 Å². The number of nitrogens with zero attached hydrogens (tertiary/aromatic N) is 2. The largest absolute Gasteiger partial charge is 0.327 e. The minimum atomic E-state index is -0.120. The number of imidazole rings is 1. The van der Waals surface area contributed by atoms with Gasteiger partial charge in [-0.05, 0) is 35.2 Å². The van der Waals surface area contributed by atoms with E-state index >= 15 is 0 Å². The highest BCUT2D eigenvalue weighted by atomic mass is 35.5. The van der Waals surface area contributed by atoms with Gasteiger partial charge in [-0.25, -0.2) is 9.78 Å². The van der Waals surface area contributed by atoms with Gasteiger partial charge in [0.2, 0.25) is 0 Å². The zero-order valence-electron chi connectivity index (χ0n) is 11.9. The van der Waals surface area contributed by atoms with E-state index in [1.54, 1.807) is 22.1 Å². The third-order valence-electron chi connectivity index (χ3n) is 3.81. The van der Waals surface area contributed by atoms with Crippen LogP contribution in [0.4, 0.5) is 0 Å². The van der Waals surface area contributed by atoms with Gasteiger partial charge in [0.1, 0.15) is 0 Å². The number of pyridine rings is 1. The number of hydrogen-bond donors (Lipinski definition) is 1. The first-order valence-electron chi connectivity index (χ1n) is 6.98. The van der Waals surface area contributed by atoms with Gasteiger partial charge in [0.15, 0.2) is 5.65 Å². The first-order chi connectivity index (χ1) is 10.2. The van der Waals surface area contributed by atoms with E-state index in [1.165, 1.54) is 0 Å². The van der Waals surface area contributed by atoms with Crippen LogP contribution in [0.5, 0.6) is 0 Å². The lowest BCUT2D eigenvalue weighted by Gasteiger charge is -2.16. The van der Waals surface area contributed by atoms with Crippen molar-refractivity contribution in [2.75, 3.05) is 0 Å². The van der Waals surface area contributed by atoms with Crippen molar-refractivity contribution in [1.82, 2.24) is 14.5 Å². The van der Waals surface area contributed by atoms with Crippen LogP contribution in [0.25, 0.3) is 22.3 Å². The van der Waals surface area contributed by atoms with Crippen molar-refractivity contribution in [2.24, 2.45) is 0 Å². The highest BCUT2D eigenvalue weighted by Crippen LogP contribution is 2.35. The number of aromatic nitrogens is 3. The molecule has 4 nitrogen and oxygen atoms in total. The van der Waals surface area contributed by atoms with Crippen LogP contribution >= 0.6 is 22.9 Å². The van der Waals surface area contributed by atoms with Crippen LogP contribution in [0, 0.1) is 0 Å². The number of aromatic amines is 1. The first kappa shape index (κ1) is 14.4. The van der Waals surface area contributed by atoms with Gasteiger partial charge in [-0.3, -0.25) is 9.55 Å². The van der Waals surface area contributed by atoms with E-state index in [0.717, 1.165) is 29.5 Å². The van der Waals surface area contributed by atoms with E-state index in [2.05, 4.69) is 23.8 Å². The fraction of sp³-hybridized carbons (Fsp3) is 0.333. The molecule has 3 aromatic heterocycles. The topological polar surface area (TPSA) is 50.7 Å². The summed E-state index contributed by atoms with van der Waals surface area (Å²) in [5, 5.41) is 4.61. The number of rotatable bonds is 4. The van der Waals surface area contributed by atoms with Crippen molar-refractivity contribution in [2.45, 2.75) is 32.7 Å². The van der Waals surface area contributed by atoms with Gasteiger partial charge >= 0.3 is 5.69 Å². The molecule has 0 amide bonds. The van der Waals surface area contributed by atoms with E-state index < -0.39 is 0 Å². The quantitative estimate of drug-likeness (QED) is 0.771. The summed E-state index contributed by atoms with van der Waals surface area (Å²) < 4.78 is 1.81. The molecule has 0 aliphatic rings. The molecule has 0 bridgehead atoms. The van der Waals surface area contributed by atoms with E-state index in [1.807, 2.05) is 16.8 Å². The van der Waals surface area contributed by atoms with Gasteiger partial charge in [0.25, 0.3) is 0 Å². The summed E-state index contributed by atoms with van der Waals surface area (Å²) in [6.07, 6.45) is 3.38. The second-order valence-electron chi connectivity index (χ2n) is 4.96. The van der Waals surface area contributed by atoms with Crippen molar-refractivity contribution in [3.8, 4) is 11.1 Å². The van der Waals surface area contributed by atoms with Gasteiger partial charge in [-0.1, -0.05) is 25.4 Å². The minimum absolute atomic E-state index is 0.120. The zero-order chi connectivity index (χ0) is 15.0. The van der Waals surface area contributed by atoms with Crippen LogP contribution in [0.15, 0.2) is 27.8 Å². The molecule has 0 unspecified atom stereocenters. The van der Waals surface area contributed by atoms with Crippen molar-refractivity contribution in [3.05, 3.63) is 38.5 Å². The highest BCUT2D eigenvalue weighted by Gasteiger charge is 2.20. The van der Waals surface area contributed by atoms with E-state index in [-0.39, 0.29) is 11.7 Å². The van der Waals surface area contributed by atoms with Gasteiger partial charge in [0.05, 0.1) is 10.5 Å². The van der Waals surface area contributed by atoms with Crippen LogP contribution in [0.3, 0.4) is 0 Å². The number of hydrogen-bond acceptors (Lipinski definition) is 3. The molecular weight excluding hydrogens is 306 g/mol. The SMILES string of the molecule is CCC(CC)n1c(=O)[nH]c2ncc(Cl)c(-c3ccsc3)c21. The maximum absolute atomic E-state index is 12.4. The summed E-state index contributed by atoms with van der Waals surface area (Å²) in [7, 11) is 0. The molecule has 6 heteroatoms. The Bertz CT molecular complexity index is 815. The average molecular weight is 322 g/mol. The lowest BCUT2D eigenvalue weighted by Crippen LogP contribution is -2.21. The summed E-state index contributed by atoms with van der Waals surface area (Å²) in [5.74, 6) is 0. The Morgan fingerprint density at radius 3 is 2.81 bits per heavy atom. The maximum atomic E-state index is 12.4. The van der Waals surface area contributed by atoms with Crippen molar-refractivity contribution < 1.29 is 0 Å². The zero-order valence-corrected chi connectivity index (χ0v) is 13.5. The van der Waals surface area contributed by atoms with E-state index in [4.69, 9.17) is 11.6 Å². The fourth-order valence-electron chi connectivity index (χ4n) is 2.75. The van der Waals surface area contributed by atoms with Crippen molar-refractivity contribution in [1.29, 1.82) is 0 Å². The molecule has 110 valence electrons. The molecule has 0 aliphatic carbocycles. The molecule has 3 aromatic rings. The molecule has 0 aliphatic heterocycles. The number of thiophene rings is 1. The minimum Gasteiger partial charge on any atom is -0.290 e. The average Bonchev–Trinajstić information content (AvgIpc) is 3.09. The summed E-state index contributed by atoms with van der Waals surface area (Å²) in [6.45, 7) is 4.17. The predicted octanol–water partition coefficient (Wildman–Crippen LogP) is 4.47. The van der Waals surface area contributed by atoms with Crippen LogP contribution in [-0.2, 0) is 0 Å². The Kier molecular flexibility index (Phi) is 3.87. The monoisotopic (exact) mass is 321 g/mol. The molecule has 0 spiro atoms. The summed E-state index contributed by atoms with van der Waals surface area (Å²) in [5.41, 5.74) is 3.19. The molecule has 0 fully saturated rings. The standard InChI is InChI=1S/C15H16ClN3OS/c1-3-10(4-2)19-13-12(9-5-6-21-8-9)11(16)7-17-14(13)18-15(19)20/h5-8,10H,3-4H2,1-2H3,(H,17,18,20). The second kappa shape index (κ2) is 5.66. The second-order valence-corrected chi connectivity index (χ2v) is 6.15. The molecule has 0 radical (unpaired) electrons. The Morgan fingerprint density at radius 2 is 2.19 bits per heavy atom. The van der Waals surface area contributed by atoms with E-state index in [0.29, 0.717) is 10.7 Å². The van der Waals surface area contributed by atoms with Crippen molar-refractivity contribution >= 4 is 34.1 Å². The molecule has 3 heterocycles. The molecule has 3 rings (SSSR count). The molecular formula is C15H16ClN3OS. The predicted molar refractivity (Wildman–Crippen MR) is 88.3 cm³/mol. The van der Waals surface area contributed by atoms with Crippen LogP contribution in [0.1, 0.15) is 32.7 Å². The van der Waals surface area contributed by atoms with Crippen LogP contribution < -0.4 is 5.69 Å². The van der Waals surface area contributed by atoms with Gasteiger partial charge in [0, 0.05) is 17.8 Å². The fourth-order valence-corrected chi connectivity index (χ4v) is 3.65. The Balaban J connectivity index is 2.41. The van der Waals surface area contributed by atoms with Gasteiger partial charge in [-0.15, -0.1) is 0 Å². The number of halogens is 1. The number of H-pyrrole nitrogens is 1. The lowest BCUT2D eigenvalue weighted by molar-refractivity contribution is 0.472. The molecule has 0 aromatic carbocycles. The maximum Gasteiger partial charge on any atom is 0.327 e. The van der Waals surface area contributed by atoms with Crippen LogP contribution in [-0.4, -0.2) is 14.5 Å². The molecule has 0 atom stereocenters. The van der Waals surface area contributed by atoms with Crippen LogP contribution in [0.2, 0.25) is 5.02 Å². The summed E-state index contributed by atoms with van der Waals surface area (Å²) >= 11 is 7.99. The number of fused-ring (bicyclic) bond motifs is 1. The van der Waals surface area contributed by atoms with Gasteiger partial charge < -0.3 is 0 Å². The Morgan fingerprint density at radius 1 is 1.43 bits per heavy atom. The molecule has 0 saturated heterocycles. The first-order valence-corrected chi connectivity index (χ1v) is 8.30. The third kappa shape index (κ3) is 2.30. The van der Waals surface area contributed by atoms with E-state index in [9.17, 15) is 4.79 Å².